The van der Waals surface area contributed by atoms with Gasteiger partial charge in [-0.25, -0.2) is 14.4 Å². The second kappa shape index (κ2) is 6.86. The molecule has 5 heteroatoms. The molecule has 0 N–H and O–H groups in total. The van der Waals surface area contributed by atoms with Crippen molar-refractivity contribution in [1.82, 2.24) is 9.97 Å². The zero-order valence-electron chi connectivity index (χ0n) is 13.3. The summed E-state index contributed by atoms with van der Waals surface area (Å²) in [5.41, 5.74) is 1.63. The smallest absolute Gasteiger partial charge is 0.161 e. The zero-order valence-corrected chi connectivity index (χ0v) is 13.3. The second-order valence-corrected chi connectivity index (χ2v) is 5.83. The number of anilines is 1. The molecule has 1 aliphatic rings. The van der Waals surface area contributed by atoms with Crippen molar-refractivity contribution >= 4 is 11.6 Å². The van der Waals surface area contributed by atoms with E-state index in [-0.39, 0.29) is 5.82 Å². The Hall–Kier alpha value is -2.30. The largest absolute Gasteiger partial charge is 0.356 e. The molecule has 4 nitrogen and oxygen atoms in total. The summed E-state index contributed by atoms with van der Waals surface area (Å²) in [7, 11) is 0. The van der Waals surface area contributed by atoms with E-state index in [2.05, 4.69) is 21.8 Å². The Balaban J connectivity index is 1.97. The molecule has 1 fully saturated rings. The van der Waals surface area contributed by atoms with Gasteiger partial charge in [-0.3, -0.25) is 4.79 Å². The van der Waals surface area contributed by atoms with Crippen LogP contribution < -0.4 is 4.90 Å². The van der Waals surface area contributed by atoms with Crippen molar-refractivity contribution < 1.29 is 9.18 Å². The van der Waals surface area contributed by atoms with Gasteiger partial charge in [0.25, 0.3) is 0 Å². The monoisotopic (exact) mass is 313 g/mol. The SMILES string of the molecule is CCCc1cc(N2CCC(=O)CC2)nc(-c2cccc(F)c2)n1. The van der Waals surface area contributed by atoms with Crippen LogP contribution >= 0.6 is 0 Å². The van der Waals surface area contributed by atoms with Crippen LogP contribution in [0.5, 0.6) is 0 Å². The molecule has 120 valence electrons. The summed E-state index contributed by atoms with van der Waals surface area (Å²) in [6, 6.07) is 8.34. The van der Waals surface area contributed by atoms with Crippen LogP contribution in [-0.2, 0) is 11.2 Å². The van der Waals surface area contributed by atoms with E-state index in [0.717, 1.165) is 24.4 Å². The molecule has 0 unspecified atom stereocenters. The van der Waals surface area contributed by atoms with E-state index >= 15 is 0 Å². The van der Waals surface area contributed by atoms with Crippen molar-refractivity contribution in [3.05, 3.63) is 41.8 Å². The summed E-state index contributed by atoms with van der Waals surface area (Å²) < 4.78 is 13.5. The number of aryl methyl sites for hydroxylation is 1. The first-order chi connectivity index (χ1) is 11.2. The van der Waals surface area contributed by atoms with Crippen LogP contribution in [0.15, 0.2) is 30.3 Å². The molecule has 23 heavy (non-hydrogen) atoms. The molecule has 0 spiro atoms. The fourth-order valence-corrected chi connectivity index (χ4v) is 2.77. The normalized spacial score (nSPS) is 15.0. The van der Waals surface area contributed by atoms with E-state index in [1.54, 1.807) is 6.07 Å². The van der Waals surface area contributed by atoms with Gasteiger partial charge in [0.15, 0.2) is 5.82 Å². The van der Waals surface area contributed by atoms with Gasteiger partial charge in [-0.2, -0.15) is 0 Å². The number of hydrogen-bond acceptors (Lipinski definition) is 4. The van der Waals surface area contributed by atoms with Crippen LogP contribution in [-0.4, -0.2) is 28.8 Å². The molecular weight excluding hydrogens is 293 g/mol. The number of carbonyl (C=O) groups excluding carboxylic acids is 1. The van der Waals surface area contributed by atoms with Crippen LogP contribution in [0.2, 0.25) is 0 Å². The van der Waals surface area contributed by atoms with Gasteiger partial charge in [-0.1, -0.05) is 25.5 Å². The zero-order chi connectivity index (χ0) is 16.2. The summed E-state index contributed by atoms with van der Waals surface area (Å²) in [5.74, 6) is 1.38. The van der Waals surface area contributed by atoms with Gasteiger partial charge in [0.1, 0.15) is 17.4 Å². The Bertz CT molecular complexity index is 707. The van der Waals surface area contributed by atoms with Crippen LogP contribution in [0.1, 0.15) is 31.9 Å². The molecule has 0 aliphatic carbocycles. The summed E-state index contributed by atoms with van der Waals surface area (Å²) in [6.07, 6.45) is 2.95. The number of piperidine rings is 1. The van der Waals surface area contributed by atoms with Crippen molar-refractivity contribution in [3.63, 3.8) is 0 Å². The predicted molar refractivity (Wildman–Crippen MR) is 87.9 cm³/mol. The lowest BCUT2D eigenvalue weighted by atomic mass is 10.1. The van der Waals surface area contributed by atoms with Gasteiger partial charge < -0.3 is 4.90 Å². The molecule has 0 saturated carbocycles. The topological polar surface area (TPSA) is 46.1 Å². The van der Waals surface area contributed by atoms with Crippen LogP contribution in [0.4, 0.5) is 10.2 Å². The number of rotatable bonds is 4. The lowest BCUT2D eigenvalue weighted by molar-refractivity contribution is -0.119. The first-order valence-corrected chi connectivity index (χ1v) is 8.06. The molecule has 1 aromatic carbocycles. The van der Waals surface area contributed by atoms with E-state index in [4.69, 9.17) is 0 Å². The lowest BCUT2D eigenvalue weighted by Gasteiger charge is -2.27. The molecular formula is C18H20FN3O. The summed E-state index contributed by atoms with van der Waals surface area (Å²) >= 11 is 0. The third-order valence-corrected chi connectivity index (χ3v) is 4.00. The summed E-state index contributed by atoms with van der Waals surface area (Å²) in [4.78, 5) is 22.7. The molecule has 1 saturated heterocycles. The van der Waals surface area contributed by atoms with Gasteiger partial charge in [0.2, 0.25) is 0 Å². The molecule has 0 radical (unpaired) electrons. The summed E-state index contributed by atoms with van der Waals surface area (Å²) in [6.45, 7) is 3.47. The summed E-state index contributed by atoms with van der Waals surface area (Å²) in [5, 5.41) is 0. The average molecular weight is 313 g/mol. The Morgan fingerprint density at radius 2 is 1.96 bits per heavy atom. The van der Waals surface area contributed by atoms with Gasteiger partial charge in [-0.15, -0.1) is 0 Å². The molecule has 1 aromatic heterocycles. The lowest BCUT2D eigenvalue weighted by Crippen LogP contribution is -2.34. The maximum absolute atomic E-state index is 13.5. The first kappa shape index (κ1) is 15.6. The van der Waals surface area contributed by atoms with E-state index in [0.29, 0.717) is 43.1 Å². The minimum Gasteiger partial charge on any atom is -0.356 e. The minimum absolute atomic E-state index is 0.294. The molecule has 3 rings (SSSR count). The van der Waals surface area contributed by atoms with Crippen LogP contribution in [0.25, 0.3) is 11.4 Å². The Labute approximate surface area is 135 Å². The van der Waals surface area contributed by atoms with E-state index in [1.165, 1.54) is 12.1 Å². The van der Waals surface area contributed by atoms with E-state index in [1.807, 2.05) is 12.1 Å². The Kier molecular flexibility index (Phi) is 4.65. The van der Waals surface area contributed by atoms with Crippen LogP contribution in [0.3, 0.4) is 0 Å². The third kappa shape index (κ3) is 3.73. The van der Waals surface area contributed by atoms with Crippen molar-refractivity contribution in [2.75, 3.05) is 18.0 Å². The van der Waals surface area contributed by atoms with E-state index in [9.17, 15) is 9.18 Å². The Morgan fingerprint density at radius 3 is 2.65 bits per heavy atom. The van der Waals surface area contributed by atoms with Crippen molar-refractivity contribution in [1.29, 1.82) is 0 Å². The highest BCUT2D eigenvalue weighted by Crippen LogP contribution is 2.23. The number of hydrogen-bond donors (Lipinski definition) is 0. The van der Waals surface area contributed by atoms with Gasteiger partial charge in [-0.05, 0) is 18.6 Å². The van der Waals surface area contributed by atoms with Gasteiger partial charge in [0, 0.05) is 43.3 Å². The number of carbonyl (C=O) groups is 1. The van der Waals surface area contributed by atoms with Crippen LogP contribution in [0, 0.1) is 5.82 Å². The fourth-order valence-electron chi connectivity index (χ4n) is 2.77. The number of aromatic nitrogens is 2. The highest BCUT2D eigenvalue weighted by atomic mass is 19.1. The standard InChI is InChI=1S/C18H20FN3O/c1-2-4-15-12-17(22-9-7-16(23)8-10-22)21-18(20-15)13-5-3-6-14(19)11-13/h3,5-6,11-12H,2,4,7-10H2,1H3. The molecule has 0 atom stereocenters. The van der Waals surface area contributed by atoms with Crippen molar-refractivity contribution in [2.45, 2.75) is 32.6 Å². The Morgan fingerprint density at radius 1 is 1.17 bits per heavy atom. The number of benzene rings is 1. The molecule has 1 aliphatic heterocycles. The second-order valence-electron chi connectivity index (χ2n) is 5.83. The maximum atomic E-state index is 13.5. The molecule has 2 aromatic rings. The molecule has 2 heterocycles. The minimum atomic E-state index is -0.294. The number of nitrogens with zero attached hydrogens (tertiary/aromatic N) is 3. The first-order valence-electron chi connectivity index (χ1n) is 8.06. The van der Waals surface area contributed by atoms with Gasteiger partial charge >= 0.3 is 0 Å². The third-order valence-electron chi connectivity index (χ3n) is 4.00. The molecule has 0 bridgehead atoms. The average Bonchev–Trinajstić information content (AvgIpc) is 2.55. The number of Topliss-reactive ketones (excluding diaryl/α,β-unsaturated/α-hetero) is 1. The molecule has 0 amide bonds. The predicted octanol–water partition coefficient (Wildman–Crippen LogP) is 3.40. The number of halogens is 1. The highest BCUT2D eigenvalue weighted by molar-refractivity contribution is 5.80. The van der Waals surface area contributed by atoms with Gasteiger partial charge in [0.05, 0.1) is 0 Å². The highest BCUT2D eigenvalue weighted by Gasteiger charge is 2.19. The quantitative estimate of drug-likeness (QED) is 0.868. The maximum Gasteiger partial charge on any atom is 0.161 e. The van der Waals surface area contributed by atoms with E-state index < -0.39 is 0 Å². The van der Waals surface area contributed by atoms with Crippen molar-refractivity contribution in [3.8, 4) is 11.4 Å². The van der Waals surface area contributed by atoms with Crippen molar-refractivity contribution in [2.24, 2.45) is 0 Å². The fraction of sp³-hybridized carbons (Fsp3) is 0.389. The number of ketones is 1.